The molecule has 1 aromatic carbocycles. The van der Waals surface area contributed by atoms with Gasteiger partial charge in [0.15, 0.2) is 0 Å². The molecule has 1 fully saturated rings. The summed E-state index contributed by atoms with van der Waals surface area (Å²) in [4.78, 5) is 11.7. The van der Waals surface area contributed by atoms with Gasteiger partial charge in [0.2, 0.25) is 5.91 Å². The Balaban J connectivity index is 1.70. The van der Waals surface area contributed by atoms with Gasteiger partial charge in [0.05, 0.1) is 0 Å². The Morgan fingerprint density at radius 3 is 2.82 bits per heavy atom. The van der Waals surface area contributed by atoms with Crippen molar-refractivity contribution in [2.75, 3.05) is 19.6 Å². The molecule has 1 aromatic rings. The molecule has 1 aliphatic rings. The predicted octanol–water partition coefficient (Wildman–Crippen LogP) is 0.254. The van der Waals surface area contributed by atoms with Gasteiger partial charge in [0, 0.05) is 38.6 Å². The largest absolute Gasteiger partial charge is 0.352 e. The number of rotatable bonds is 4. The Morgan fingerprint density at radius 2 is 2.12 bits per heavy atom. The van der Waals surface area contributed by atoms with Gasteiger partial charge in [0.1, 0.15) is 0 Å². The van der Waals surface area contributed by atoms with Gasteiger partial charge in [-0.15, -0.1) is 0 Å². The zero-order chi connectivity index (χ0) is 11.9. The van der Waals surface area contributed by atoms with E-state index >= 15 is 0 Å². The fourth-order valence-electron chi connectivity index (χ4n) is 1.95. The second-order valence-electron chi connectivity index (χ2n) is 4.32. The highest BCUT2D eigenvalue weighted by Gasteiger charge is 2.15. The molecule has 92 valence electrons. The molecule has 1 aliphatic heterocycles. The molecule has 1 amide bonds. The summed E-state index contributed by atoms with van der Waals surface area (Å²) >= 11 is 0. The van der Waals surface area contributed by atoms with Crippen molar-refractivity contribution in [3.63, 3.8) is 0 Å². The Kier molecular flexibility index (Phi) is 4.53. The van der Waals surface area contributed by atoms with Crippen LogP contribution in [-0.4, -0.2) is 31.6 Å². The van der Waals surface area contributed by atoms with Gasteiger partial charge in [0.25, 0.3) is 0 Å². The maximum atomic E-state index is 11.7. The van der Waals surface area contributed by atoms with Gasteiger partial charge >= 0.3 is 0 Å². The Morgan fingerprint density at radius 1 is 1.29 bits per heavy atom. The van der Waals surface area contributed by atoms with E-state index in [9.17, 15) is 4.79 Å². The third kappa shape index (κ3) is 4.17. The highest BCUT2D eigenvalue weighted by atomic mass is 16.1. The lowest BCUT2D eigenvalue weighted by Gasteiger charge is -2.23. The minimum Gasteiger partial charge on any atom is -0.352 e. The van der Waals surface area contributed by atoms with Gasteiger partial charge in [-0.3, -0.25) is 4.79 Å². The lowest BCUT2D eigenvalue weighted by atomic mass is 10.1. The van der Waals surface area contributed by atoms with Crippen molar-refractivity contribution in [1.82, 2.24) is 16.0 Å². The fourth-order valence-corrected chi connectivity index (χ4v) is 1.95. The van der Waals surface area contributed by atoms with Crippen LogP contribution in [0.5, 0.6) is 0 Å². The number of hydrogen-bond donors (Lipinski definition) is 3. The molecule has 0 aliphatic carbocycles. The number of nitrogens with one attached hydrogen (secondary N) is 3. The maximum Gasteiger partial charge on any atom is 0.221 e. The Labute approximate surface area is 102 Å². The van der Waals surface area contributed by atoms with Crippen molar-refractivity contribution in [2.45, 2.75) is 19.0 Å². The van der Waals surface area contributed by atoms with Crippen LogP contribution >= 0.6 is 0 Å². The van der Waals surface area contributed by atoms with Crippen LogP contribution in [0.3, 0.4) is 0 Å². The van der Waals surface area contributed by atoms with Crippen LogP contribution < -0.4 is 16.0 Å². The first kappa shape index (κ1) is 12.1. The zero-order valence-electron chi connectivity index (χ0n) is 9.91. The first-order valence-corrected chi connectivity index (χ1v) is 6.09. The molecule has 17 heavy (non-hydrogen) atoms. The SMILES string of the molecule is O=C(CC1CNCCN1)NCc1ccccc1. The number of piperazine rings is 1. The maximum absolute atomic E-state index is 11.7. The third-order valence-corrected chi connectivity index (χ3v) is 2.89. The van der Waals surface area contributed by atoms with E-state index < -0.39 is 0 Å². The number of benzene rings is 1. The minimum atomic E-state index is 0.107. The van der Waals surface area contributed by atoms with Gasteiger partial charge < -0.3 is 16.0 Å². The van der Waals surface area contributed by atoms with E-state index in [1.807, 2.05) is 30.3 Å². The molecular weight excluding hydrogens is 214 g/mol. The van der Waals surface area contributed by atoms with E-state index in [1.165, 1.54) is 0 Å². The molecular formula is C13H19N3O. The lowest BCUT2D eigenvalue weighted by Crippen LogP contribution is -2.50. The highest BCUT2D eigenvalue weighted by Crippen LogP contribution is 1.99. The van der Waals surface area contributed by atoms with Gasteiger partial charge in [-0.05, 0) is 5.56 Å². The predicted molar refractivity (Wildman–Crippen MR) is 67.6 cm³/mol. The molecule has 0 radical (unpaired) electrons. The molecule has 2 rings (SSSR count). The normalized spacial score (nSPS) is 19.9. The summed E-state index contributed by atoms with van der Waals surface area (Å²) in [6, 6.07) is 10.2. The molecule has 1 atom stereocenters. The Hall–Kier alpha value is -1.39. The van der Waals surface area contributed by atoms with E-state index in [0.29, 0.717) is 13.0 Å². The molecule has 1 saturated heterocycles. The average Bonchev–Trinajstić information content (AvgIpc) is 2.39. The molecule has 0 saturated carbocycles. The number of carbonyl (C=O) groups is 1. The van der Waals surface area contributed by atoms with Gasteiger partial charge in [-0.25, -0.2) is 0 Å². The summed E-state index contributed by atoms with van der Waals surface area (Å²) < 4.78 is 0. The van der Waals surface area contributed by atoms with Crippen LogP contribution in [0.2, 0.25) is 0 Å². The van der Waals surface area contributed by atoms with Crippen LogP contribution in [0.4, 0.5) is 0 Å². The highest BCUT2D eigenvalue weighted by molar-refractivity contribution is 5.76. The van der Waals surface area contributed by atoms with Crippen molar-refractivity contribution >= 4 is 5.91 Å². The molecule has 1 heterocycles. The second-order valence-corrected chi connectivity index (χ2v) is 4.32. The van der Waals surface area contributed by atoms with Crippen LogP contribution in [0, 0.1) is 0 Å². The lowest BCUT2D eigenvalue weighted by molar-refractivity contribution is -0.121. The summed E-state index contributed by atoms with van der Waals surface area (Å²) in [7, 11) is 0. The van der Waals surface area contributed by atoms with Crippen molar-refractivity contribution in [3.05, 3.63) is 35.9 Å². The molecule has 4 heteroatoms. The first-order chi connectivity index (χ1) is 8.34. The Bertz CT molecular complexity index is 347. The smallest absolute Gasteiger partial charge is 0.221 e. The summed E-state index contributed by atoms with van der Waals surface area (Å²) in [5.41, 5.74) is 1.13. The first-order valence-electron chi connectivity index (χ1n) is 6.09. The topological polar surface area (TPSA) is 53.2 Å². The van der Waals surface area contributed by atoms with Crippen molar-refractivity contribution in [2.24, 2.45) is 0 Å². The van der Waals surface area contributed by atoms with E-state index in [4.69, 9.17) is 0 Å². The van der Waals surface area contributed by atoms with Crippen LogP contribution in [-0.2, 0) is 11.3 Å². The van der Waals surface area contributed by atoms with Crippen molar-refractivity contribution in [1.29, 1.82) is 0 Å². The van der Waals surface area contributed by atoms with E-state index in [2.05, 4.69) is 16.0 Å². The van der Waals surface area contributed by atoms with Crippen LogP contribution in [0.25, 0.3) is 0 Å². The fraction of sp³-hybridized carbons (Fsp3) is 0.462. The van der Waals surface area contributed by atoms with E-state index in [-0.39, 0.29) is 11.9 Å². The van der Waals surface area contributed by atoms with Gasteiger partial charge in [-0.1, -0.05) is 30.3 Å². The quantitative estimate of drug-likeness (QED) is 0.699. The molecule has 0 aromatic heterocycles. The monoisotopic (exact) mass is 233 g/mol. The van der Waals surface area contributed by atoms with Gasteiger partial charge in [-0.2, -0.15) is 0 Å². The standard InChI is InChI=1S/C13H19N3O/c17-13(8-12-10-14-6-7-15-12)16-9-11-4-2-1-3-5-11/h1-5,12,14-15H,6-10H2,(H,16,17). The van der Waals surface area contributed by atoms with Crippen molar-refractivity contribution < 1.29 is 4.79 Å². The molecule has 0 spiro atoms. The van der Waals surface area contributed by atoms with Crippen LogP contribution in [0.15, 0.2) is 30.3 Å². The van der Waals surface area contributed by atoms with Crippen molar-refractivity contribution in [3.8, 4) is 0 Å². The number of amides is 1. The summed E-state index contributed by atoms with van der Waals surface area (Å²) in [5.74, 6) is 0.107. The molecule has 0 bridgehead atoms. The molecule has 1 unspecified atom stereocenters. The summed E-state index contributed by atoms with van der Waals surface area (Å²) in [6.45, 7) is 3.41. The molecule has 3 N–H and O–H groups in total. The minimum absolute atomic E-state index is 0.107. The van der Waals surface area contributed by atoms with E-state index in [0.717, 1.165) is 25.2 Å². The summed E-state index contributed by atoms with van der Waals surface area (Å²) in [6.07, 6.45) is 0.542. The second kappa shape index (κ2) is 6.37. The van der Waals surface area contributed by atoms with E-state index in [1.54, 1.807) is 0 Å². The number of carbonyl (C=O) groups excluding carboxylic acids is 1. The average molecular weight is 233 g/mol. The molecule has 4 nitrogen and oxygen atoms in total. The summed E-state index contributed by atoms with van der Waals surface area (Å²) in [5, 5.41) is 9.54. The number of hydrogen-bond acceptors (Lipinski definition) is 3. The third-order valence-electron chi connectivity index (χ3n) is 2.89. The van der Waals surface area contributed by atoms with Crippen LogP contribution in [0.1, 0.15) is 12.0 Å². The zero-order valence-corrected chi connectivity index (χ0v) is 9.91.